The fourth-order valence-electron chi connectivity index (χ4n) is 2.73. The Morgan fingerprint density at radius 1 is 1.14 bits per heavy atom. The highest BCUT2D eigenvalue weighted by atomic mass is 16.6. The highest BCUT2D eigenvalue weighted by molar-refractivity contribution is 6.30. The number of ketones is 1. The van der Waals surface area contributed by atoms with Crippen molar-refractivity contribution in [3.8, 4) is 0 Å². The SMILES string of the molecule is CC1=CC(=C2C(=O)OC(C)(C)C2=O)c2ccccc2N1C. The predicted octanol–water partition coefficient (Wildman–Crippen LogP) is 2.70. The van der Waals surface area contributed by atoms with Gasteiger partial charge in [-0.15, -0.1) is 0 Å². The zero-order valence-corrected chi connectivity index (χ0v) is 12.6. The van der Waals surface area contributed by atoms with Gasteiger partial charge in [-0.3, -0.25) is 4.79 Å². The smallest absolute Gasteiger partial charge is 0.343 e. The van der Waals surface area contributed by atoms with E-state index in [0.717, 1.165) is 16.9 Å². The minimum absolute atomic E-state index is 0.153. The number of Topliss-reactive ketones (excluding diaryl/α,β-unsaturated/α-hetero) is 1. The first-order valence-corrected chi connectivity index (χ1v) is 6.87. The van der Waals surface area contributed by atoms with E-state index < -0.39 is 11.6 Å². The fourth-order valence-corrected chi connectivity index (χ4v) is 2.73. The van der Waals surface area contributed by atoms with E-state index in [1.807, 2.05) is 49.2 Å². The summed E-state index contributed by atoms with van der Waals surface area (Å²) in [6, 6.07) is 7.73. The zero-order valence-electron chi connectivity index (χ0n) is 12.6. The summed E-state index contributed by atoms with van der Waals surface area (Å²) in [5.41, 5.74) is 2.55. The standard InChI is InChI=1S/C17H17NO3/c1-10-9-12(11-7-5-6-8-13(11)18(10)4)14-15(19)17(2,3)21-16(14)20/h5-9H,1-4H3. The zero-order chi connectivity index (χ0) is 15.4. The lowest BCUT2D eigenvalue weighted by Gasteiger charge is -2.28. The van der Waals surface area contributed by atoms with Gasteiger partial charge in [-0.1, -0.05) is 18.2 Å². The predicted molar refractivity (Wildman–Crippen MR) is 80.7 cm³/mol. The molecule has 0 amide bonds. The monoisotopic (exact) mass is 283 g/mol. The molecule has 0 bridgehead atoms. The van der Waals surface area contributed by atoms with E-state index in [-0.39, 0.29) is 11.4 Å². The highest BCUT2D eigenvalue weighted by Crippen LogP contribution is 2.40. The summed E-state index contributed by atoms with van der Waals surface area (Å²) < 4.78 is 5.21. The maximum Gasteiger partial charge on any atom is 0.343 e. The van der Waals surface area contributed by atoms with Crippen molar-refractivity contribution < 1.29 is 14.3 Å². The van der Waals surface area contributed by atoms with Gasteiger partial charge in [0.2, 0.25) is 5.78 Å². The number of anilines is 1. The number of allylic oxidation sites excluding steroid dienone is 3. The van der Waals surface area contributed by atoms with Gasteiger partial charge in [0.1, 0.15) is 5.57 Å². The van der Waals surface area contributed by atoms with Crippen molar-refractivity contribution in [1.29, 1.82) is 0 Å². The van der Waals surface area contributed by atoms with E-state index in [9.17, 15) is 9.59 Å². The number of ether oxygens (including phenoxy) is 1. The molecule has 4 heteroatoms. The first kappa shape index (κ1) is 13.6. The van der Waals surface area contributed by atoms with Crippen molar-refractivity contribution in [2.24, 2.45) is 0 Å². The minimum atomic E-state index is -1.08. The van der Waals surface area contributed by atoms with Crippen LogP contribution in [0, 0.1) is 0 Å². The van der Waals surface area contributed by atoms with Crippen LogP contribution < -0.4 is 4.90 Å². The molecular formula is C17H17NO3. The maximum atomic E-state index is 12.5. The number of benzene rings is 1. The van der Waals surface area contributed by atoms with E-state index in [1.165, 1.54) is 0 Å². The molecule has 1 fully saturated rings. The molecule has 21 heavy (non-hydrogen) atoms. The van der Waals surface area contributed by atoms with Crippen molar-refractivity contribution in [2.45, 2.75) is 26.4 Å². The molecule has 0 aromatic heterocycles. The summed E-state index contributed by atoms with van der Waals surface area (Å²) >= 11 is 0. The van der Waals surface area contributed by atoms with Crippen LogP contribution in [-0.4, -0.2) is 24.4 Å². The molecular weight excluding hydrogens is 266 g/mol. The van der Waals surface area contributed by atoms with Crippen molar-refractivity contribution in [2.75, 3.05) is 11.9 Å². The number of hydrogen-bond acceptors (Lipinski definition) is 4. The van der Waals surface area contributed by atoms with Crippen molar-refractivity contribution >= 4 is 23.0 Å². The molecule has 0 N–H and O–H groups in total. The number of esters is 1. The van der Waals surface area contributed by atoms with E-state index in [0.29, 0.717) is 5.57 Å². The number of fused-ring (bicyclic) bond motifs is 1. The highest BCUT2D eigenvalue weighted by Gasteiger charge is 2.47. The van der Waals surface area contributed by atoms with Gasteiger partial charge in [-0.25, -0.2) is 4.79 Å². The van der Waals surface area contributed by atoms with E-state index in [4.69, 9.17) is 4.74 Å². The third kappa shape index (κ3) is 1.90. The summed E-state index contributed by atoms with van der Waals surface area (Å²) in [6.45, 7) is 5.20. The molecule has 0 saturated carbocycles. The minimum Gasteiger partial charge on any atom is -0.448 e. The van der Waals surface area contributed by atoms with Gasteiger partial charge in [0.05, 0.1) is 0 Å². The first-order chi connectivity index (χ1) is 9.83. The summed E-state index contributed by atoms with van der Waals surface area (Å²) in [5.74, 6) is -0.797. The Labute approximate surface area is 123 Å². The topological polar surface area (TPSA) is 46.6 Å². The number of carbonyl (C=O) groups excluding carboxylic acids is 2. The van der Waals surface area contributed by atoms with Gasteiger partial charge in [-0.2, -0.15) is 0 Å². The van der Waals surface area contributed by atoms with Crippen LogP contribution in [0.25, 0.3) is 5.57 Å². The van der Waals surface area contributed by atoms with Gasteiger partial charge in [0, 0.05) is 29.6 Å². The lowest BCUT2D eigenvalue weighted by Crippen LogP contribution is -2.28. The normalized spacial score (nSPS) is 23.8. The molecule has 0 radical (unpaired) electrons. The summed E-state index contributed by atoms with van der Waals surface area (Å²) in [4.78, 5) is 26.7. The Hall–Kier alpha value is -2.36. The Morgan fingerprint density at radius 2 is 1.81 bits per heavy atom. The maximum absolute atomic E-state index is 12.5. The van der Waals surface area contributed by atoms with Crippen LogP contribution in [0.15, 0.2) is 41.6 Å². The van der Waals surface area contributed by atoms with Gasteiger partial charge in [-0.05, 0) is 32.9 Å². The van der Waals surface area contributed by atoms with Crippen LogP contribution in [0.1, 0.15) is 26.3 Å². The van der Waals surface area contributed by atoms with Gasteiger partial charge >= 0.3 is 5.97 Å². The van der Waals surface area contributed by atoms with Crippen LogP contribution in [-0.2, 0) is 14.3 Å². The third-order valence-electron chi connectivity index (χ3n) is 4.03. The third-order valence-corrected chi connectivity index (χ3v) is 4.03. The first-order valence-electron chi connectivity index (χ1n) is 6.87. The van der Waals surface area contributed by atoms with Crippen LogP contribution in [0.5, 0.6) is 0 Å². The Balaban J connectivity index is 2.30. The molecule has 3 rings (SSSR count). The van der Waals surface area contributed by atoms with Crippen molar-refractivity contribution in [1.82, 2.24) is 0 Å². The number of hydrogen-bond donors (Lipinski definition) is 0. The Morgan fingerprint density at radius 3 is 2.43 bits per heavy atom. The van der Waals surface area contributed by atoms with Crippen molar-refractivity contribution in [3.05, 3.63) is 47.2 Å². The lowest BCUT2D eigenvalue weighted by molar-refractivity contribution is -0.147. The number of cyclic esters (lactones) is 1. The molecule has 0 atom stereocenters. The summed E-state index contributed by atoms with van der Waals surface area (Å²) in [7, 11) is 1.96. The number of rotatable bonds is 0. The van der Waals surface area contributed by atoms with Gasteiger partial charge < -0.3 is 9.64 Å². The van der Waals surface area contributed by atoms with E-state index in [2.05, 4.69) is 0 Å². The average molecular weight is 283 g/mol. The molecule has 0 aliphatic carbocycles. The summed E-state index contributed by atoms with van der Waals surface area (Å²) in [6.07, 6.45) is 1.87. The molecule has 1 aromatic carbocycles. The number of nitrogens with zero attached hydrogens (tertiary/aromatic N) is 1. The van der Waals surface area contributed by atoms with Gasteiger partial charge in [0.15, 0.2) is 5.60 Å². The van der Waals surface area contributed by atoms with Crippen LogP contribution >= 0.6 is 0 Å². The second kappa shape index (κ2) is 4.32. The molecule has 2 heterocycles. The number of carbonyl (C=O) groups is 2. The largest absolute Gasteiger partial charge is 0.448 e. The quantitative estimate of drug-likeness (QED) is 0.417. The lowest BCUT2D eigenvalue weighted by atomic mass is 9.89. The fraction of sp³-hybridized carbons (Fsp3) is 0.294. The Bertz CT molecular complexity index is 725. The molecule has 0 spiro atoms. The molecule has 0 unspecified atom stereocenters. The summed E-state index contributed by atoms with van der Waals surface area (Å²) in [5, 5.41) is 0. The molecule has 4 nitrogen and oxygen atoms in total. The van der Waals surface area contributed by atoms with E-state index >= 15 is 0 Å². The van der Waals surface area contributed by atoms with E-state index in [1.54, 1.807) is 13.8 Å². The van der Waals surface area contributed by atoms with Gasteiger partial charge in [0.25, 0.3) is 0 Å². The molecule has 2 aliphatic rings. The van der Waals surface area contributed by atoms with Crippen molar-refractivity contribution in [3.63, 3.8) is 0 Å². The second-order valence-corrected chi connectivity index (χ2v) is 5.88. The van der Waals surface area contributed by atoms with Crippen LogP contribution in [0.3, 0.4) is 0 Å². The average Bonchev–Trinajstić information content (AvgIpc) is 2.63. The van der Waals surface area contributed by atoms with Crippen LogP contribution in [0.4, 0.5) is 5.69 Å². The molecule has 1 aromatic rings. The molecule has 2 aliphatic heterocycles. The second-order valence-electron chi connectivity index (χ2n) is 5.88. The molecule has 108 valence electrons. The number of para-hydroxylation sites is 1. The molecule has 1 saturated heterocycles. The Kier molecular flexibility index (Phi) is 2.80. The van der Waals surface area contributed by atoms with Crippen LogP contribution in [0.2, 0.25) is 0 Å².